The molecule has 0 radical (unpaired) electrons. The minimum atomic E-state index is -0.518. The summed E-state index contributed by atoms with van der Waals surface area (Å²) in [4.78, 5) is 37.6. The number of ether oxygens (including phenoxy) is 1. The van der Waals surface area contributed by atoms with Gasteiger partial charge in [-0.15, -0.1) is 11.3 Å². The Morgan fingerprint density at radius 1 is 1.15 bits per heavy atom. The Hall–Kier alpha value is -3.70. The fourth-order valence-electron chi connectivity index (χ4n) is 7.12. The molecule has 3 aliphatic heterocycles. The number of pyridine rings is 1. The third-order valence-electron chi connectivity index (χ3n) is 9.72. The number of benzene rings is 1. The van der Waals surface area contributed by atoms with Gasteiger partial charge >= 0.3 is 0 Å². The predicted molar refractivity (Wildman–Crippen MR) is 178 cm³/mol. The van der Waals surface area contributed by atoms with Crippen LogP contribution in [-0.2, 0) is 48.4 Å². The predicted octanol–water partition coefficient (Wildman–Crippen LogP) is 5.60. The number of halogens is 1. The number of aliphatic hydroxyl groups is 1. The van der Waals surface area contributed by atoms with Gasteiger partial charge in [-0.25, -0.2) is 9.37 Å². The molecule has 2 aromatic heterocycles. The summed E-state index contributed by atoms with van der Waals surface area (Å²) < 4.78 is 20.7. The first-order valence-corrected chi connectivity index (χ1v) is 17.0. The summed E-state index contributed by atoms with van der Waals surface area (Å²) in [5, 5.41) is 13.8. The molecule has 0 saturated carbocycles. The molecule has 1 aromatic carbocycles. The quantitative estimate of drug-likeness (QED) is 0.244. The maximum absolute atomic E-state index is 15.3. The van der Waals surface area contributed by atoms with Gasteiger partial charge in [0.2, 0.25) is 0 Å². The van der Waals surface area contributed by atoms with Crippen LogP contribution in [-0.4, -0.2) is 59.0 Å². The van der Waals surface area contributed by atoms with Gasteiger partial charge in [0, 0.05) is 49.1 Å². The molecule has 7 rings (SSSR count). The second-order valence-corrected chi connectivity index (χ2v) is 13.6. The van der Waals surface area contributed by atoms with Gasteiger partial charge in [0.15, 0.2) is 5.78 Å². The van der Waals surface area contributed by atoms with E-state index >= 15 is 4.39 Å². The Kier molecular flexibility index (Phi) is 8.63. The number of fused-ring (bicyclic) bond motifs is 4. The van der Waals surface area contributed by atoms with Crippen molar-refractivity contribution in [1.29, 1.82) is 0 Å². The van der Waals surface area contributed by atoms with Crippen molar-refractivity contribution in [2.75, 3.05) is 36.5 Å². The largest absolute Gasteiger partial charge is 0.392 e. The van der Waals surface area contributed by atoms with Crippen LogP contribution in [0.25, 0.3) is 5.57 Å². The average Bonchev–Trinajstić information content (AvgIpc) is 3.41. The summed E-state index contributed by atoms with van der Waals surface area (Å²) in [7, 11) is 0. The van der Waals surface area contributed by atoms with Crippen molar-refractivity contribution >= 4 is 40.1 Å². The van der Waals surface area contributed by atoms with Crippen molar-refractivity contribution in [2.45, 2.75) is 71.6 Å². The van der Waals surface area contributed by atoms with E-state index in [0.717, 1.165) is 74.5 Å². The molecule has 0 unspecified atom stereocenters. The minimum Gasteiger partial charge on any atom is -0.392 e. The highest BCUT2D eigenvalue weighted by molar-refractivity contribution is 7.14. The molecule has 0 spiro atoms. The lowest BCUT2D eigenvalue weighted by molar-refractivity contribution is -0.113. The van der Waals surface area contributed by atoms with Gasteiger partial charge in [-0.3, -0.25) is 14.5 Å². The van der Waals surface area contributed by atoms with Crippen molar-refractivity contribution in [3.05, 3.63) is 91.2 Å². The number of Topliss-reactive ketones (excluding diaryl/α,β-unsaturated/α-hetero) is 1. The summed E-state index contributed by atoms with van der Waals surface area (Å²) in [6.45, 7) is 6.60. The van der Waals surface area contributed by atoms with E-state index in [-0.39, 0.29) is 11.7 Å². The number of aromatic nitrogens is 1. The molecule has 1 fully saturated rings. The van der Waals surface area contributed by atoms with Crippen LogP contribution < -0.4 is 10.2 Å². The number of aryl methyl sites for hydroxylation is 1. The zero-order valence-electron chi connectivity index (χ0n) is 26.3. The molecule has 0 bridgehead atoms. The van der Waals surface area contributed by atoms with Gasteiger partial charge in [0.05, 0.1) is 42.1 Å². The second-order valence-electron chi connectivity index (χ2n) is 12.5. The molecule has 1 amide bonds. The number of carbonyl (C=O) groups is 2. The topological polar surface area (TPSA) is 95.0 Å². The van der Waals surface area contributed by atoms with Crippen LogP contribution >= 0.6 is 11.3 Å². The Bertz CT molecular complexity index is 1780. The molecule has 10 heteroatoms. The van der Waals surface area contributed by atoms with Gasteiger partial charge in [-0.1, -0.05) is 12.1 Å². The number of allylic oxidation sites excluding steroid dienone is 4. The summed E-state index contributed by atoms with van der Waals surface area (Å²) in [5.74, 6) is -0.308. The van der Waals surface area contributed by atoms with E-state index in [4.69, 9.17) is 9.72 Å². The van der Waals surface area contributed by atoms with Crippen molar-refractivity contribution in [2.24, 2.45) is 0 Å². The lowest BCUT2D eigenvalue weighted by atomic mass is 9.91. The number of hydrogen-bond donors (Lipinski definition) is 2. The van der Waals surface area contributed by atoms with Crippen LogP contribution in [0.1, 0.15) is 74.7 Å². The Morgan fingerprint density at radius 3 is 2.72 bits per heavy atom. The molecule has 2 N–H and O–H groups in total. The van der Waals surface area contributed by atoms with Gasteiger partial charge in [0.1, 0.15) is 11.6 Å². The number of carbonyl (C=O) groups excluding carboxylic acids is 2. The van der Waals surface area contributed by atoms with E-state index in [1.807, 2.05) is 6.07 Å². The van der Waals surface area contributed by atoms with E-state index < -0.39 is 12.4 Å². The van der Waals surface area contributed by atoms with Crippen LogP contribution in [0.15, 0.2) is 42.1 Å². The zero-order chi connectivity index (χ0) is 31.9. The Morgan fingerprint density at radius 2 is 1.98 bits per heavy atom. The first kappa shape index (κ1) is 30.9. The van der Waals surface area contributed by atoms with E-state index in [1.165, 1.54) is 35.1 Å². The van der Waals surface area contributed by atoms with Gasteiger partial charge in [-0.2, -0.15) is 0 Å². The van der Waals surface area contributed by atoms with Crippen molar-refractivity contribution < 1.29 is 23.8 Å². The van der Waals surface area contributed by atoms with Crippen LogP contribution in [0.2, 0.25) is 0 Å². The van der Waals surface area contributed by atoms with Crippen LogP contribution in [0, 0.1) is 5.82 Å². The standard InChI is InChI=1S/C36H39FN4O4S/c1-3-22(14-31(21(2)43)39-34-9-8-23-17-40(25-19-45-20-25)12-11-30(23)38-34)28-15-24(37)16-32(29(28)18-42)41-13-10-27-26-6-4-5-7-33(26)46-35(27)36(41)44/h3,8-9,14-16,25,42H,4-7,10-13,17-20H2,1-2H3,(H,38,39)/b22-3?,31-14+. The molecule has 3 aromatic rings. The summed E-state index contributed by atoms with van der Waals surface area (Å²) in [6.07, 6.45) is 9.28. The van der Waals surface area contributed by atoms with E-state index in [9.17, 15) is 14.7 Å². The van der Waals surface area contributed by atoms with Crippen LogP contribution in [0.5, 0.6) is 0 Å². The van der Waals surface area contributed by atoms with Gasteiger partial charge < -0.3 is 20.1 Å². The number of amides is 1. The Labute approximate surface area is 272 Å². The molecule has 0 atom stereocenters. The van der Waals surface area contributed by atoms with Crippen LogP contribution in [0.4, 0.5) is 15.9 Å². The normalized spacial score (nSPS) is 19.0. The number of nitrogens with zero attached hydrogens (tertiary/aromatic N) is 3. The average molecular weight is 643 g/mol. The maximum Gasteiger partial charge on any atom is 0.268 e. The first-order valence-electron chi connectivity index (χ1n) is 16.2. The molecule has 240 valence electrons. The highest BCUT2D eigenvalue weighted by atomic mass is 32.1. The third-order valence-corrected chi connectivity index (χ3v) is 11.0. The fraction of sp³-hybridized carbons (Fsp3) is 0.417. The number of hydrogen-bond acceptors (Lipinski definition) is 8. The number of aliphatic hydroxyl groups excluding tert-OH is 1. The third kappa shape index (κ3) is 5.72. The van der Waals surface area contributed by atoms with Crippen molar-refractivity contribution in [1.82, 2.24) is 9.88 Å². The maximum atomic E-state index is 15.3. The lowest BCUT2D eigenvalue weighted by Crippen LogP contribution is -2.50. The van der Waals surface area contributed by atoms with Crippen LogP contribution in [0.3, 0.4) is 0 Å². The van der Waals surface area contributed by atoms with E-state index in [2.05, 4.69) is 16.3 Å². The highest BCUT2D eigenvalue weighted by Gasteiger charge is 2.34. The fourth-order valence-corrected chi connectivity index (χ4v) is 8.51. The molecule has 4 aliphatic rings. The van der Waals surface area contributed by atoms with E-state index in [1.54, 1.807) is 35.3 Å². The van der Waals surface area contributed by atoms with Gasteiger partial charge in [-0.05, 0) is 91.1 Å². The molecule has 5 heterocycles. The molecular weight excluding hydrogens is 603 g/mol. The molecule has 8 nitrogen and oxygen atoms in total. The summed E-state index contributed by atoms with van der Waals surface area (Å²) in [5.41, 5.74) is 6.76. The SMILES string of the molecule is CC=C(/C=C(/Nc1ccc2c(n1)CCN(C1COC1)C2)C(C)=O)c1cc(F)cc(N2CCc3c(sc4c3CCCC4)C2=O)c1CO. The zero-order valence-corrected chi connectivity index (χ0v) is 27.1. The number of nitrogens with one attached hydrogen (secondary N) is 1. The molecule has 1 saturated heterocycles. The number of rotatable bonds is 8. The van der Waals surface area contributed by atoms with Crippen molar-refractivity contribution in [3.8, 4) is 0 Å². The van der Waals surface area contributed by atoms with Crippen molar-refractivity contribution in [3.63, 3.8) is 0 Å². The monoisotopic (exact) mass is 642 g/mol. The van der Waals surface area contributed by atoms with E-state index in [0.29, 0.717) is 52.9 Å². The smallest absolute Gasteiger partial charge is 0.268 e. The second kappa shape index (κ2) is 12.8. The molecular formula is C36H39FN4O4S. The summed E-state index contributed by atoms with van der Waals surface area (Å²) >= 11 is 1.58. The number of ketones is 1. The first-order chi connectivity index (χ1) is 22.3. The minimum absolute atomic E-state index is 0.141. The number of thiophene rings is 1. The lowest BCUT2D eigenvalue weighted by Gasteiger charge is -2.39. The highest BCUT2D eigenvalue weighted by Crippen LogP contribution is 2.40. The number of anilines is 2. The molecule has 46 heavy (non-hydrogen) atoms. The van der Waals surface area contributed by atoms with Gasteiger partial charge in [0.25, 0.3) is 5.91 Å². The Balaban J connectivity index is 1.17. The summed E-state index contributed by atoms with van der Waals surface area (Å²) in [6, 6.07) is 7.10. The molecule has 1 aliphatic carbocycles.